The highest BCUT2D eigenvalue weighted by molar-refractivity contribution is 5.96. The molecule has 0 spiro atoms. The number of hydrogen-bond donors (Lipinski definition) is 0. The van der Waals surface area contributed by atoms with Crippen molar-refractivity contribution in [3.05, 3.63) is 35.4 Å². The quantitative estimate of drug-likeness (QED) is 0.603. The van der Waals surface area contributed by atoms with Gasteiger partial charge in [-0.05, 0) is 25.8 Å². The van der Waals surface area contributed by atoms with Gasteiger partial charge in [-0.2, -0.15) is 0 Å². The number of benzene rings is 1. The van der Waals surface area contributed by atoms with Gasteiger partial charge in [0.2, 0.25) is 0 Å². The van der Waals surface area contributed by atoms with Gasteiger partial charge >= 0.3 is 5.97 Å². The van der Waals surface area contributed by atoms with Gasteiger partial charge in [-0.25, -0.2) is 0 Å². The normalized spacial score (nSPS) is 24.9. The topological polar surface area (TPSA) is 52.6 Å². The van der Waals surface area contributed by atoms with Gasteiger partial charge in [0.15, 0.2) is 5.78 Å². The molecule has 2 unspecified atom stereocenters. The zero-order valence-electron chi connectivity index (χ0n) is 11.4. The molecule has 1 aliphatic rings. The maximum atomic E-state index is 11.7. The van der Waals surface area contributed by atoms with Gasteiger partial charge in [0.05, 0.1) is 13.0 Å². The van der Waals surface area contributed by atoms with E-state index in [2.05, 4.69) is 0 Å². The molecule has 1 fully saturated rings. The van der Waals surface area contributed by atoms with Crippen LogP contribution < -0.4 is 0 Å². The second-order valence-corrected chi connectivity index (χ2v) is 4.70. The number of Topliss-reactive ketones (excluding diaryl/α,β-unsaturated/α-hetero) is 1. The average Bonchev–Trinajstić information content (AvgIpc) is 3.14. The van der Waals surface area contributed by atoms with E-state index < -0.39 is 5.60 Å². The highest BCUT2D eigenvalue weighted by atomic mass is 16.5. The molecule has 19 heavy (non-hydrogen) atoms. The lowest BCUT2D eigenvalue weighted by Crippen LogP contribution is -2.22. The number of carbonyl (C=O) groups is 2. The lowest BCUT2D eigenvalue weighted by Gasteiger charge is -2.20. The maximum absolute atomic E-state index is 11.7. The van der Waals surface area contributed by atoms with Crippen molar-refractivity contribution in [3.63, 3.8) is 0 Å². The third-order valence-corrected chi connectivity index (χ3v) is 3.56. The minimum absolute atomic E-state index is 0.0230. The van der Waals surface area contributed by atoms with Crippen molar-refractivity contribution >= 4 is 11.8 Å². The monoisotopic (exact) mass is 262 g/mol. The van der Waals surface area contributed by atoms with Crippen LogP contribution in [-0.4, -0.2) is 25.5 Å². The highest BCUT2D eigenvalue weighted by Crippen LogP contribution is 2.56. The van der Waals surface area contributed by atoms with E-state index in [1.807, 2.05) is 25.1 Å². The summed E-state index contributed by atoms with van der Waals surface area (Å²) in [5.74, 6) is -0.630. The Labute approximate surface area is 112 Å². The van der Waals surface area contributed by atoms with Crippen molar-refractivity contribution < 1.29 is 19.1 Å². The SMILES string of the molecule is CCOC1(c2ccccc2C(C)=O)CC1C(=O)OC. The Morgan fingerprint density at radius 3 is 2.63 bits per heavy atom. The van der Waals surface area contributed by atoms with E-state index >= 15 is 0 Å². The molecular weight excluding hydrogens is 244 g/mol. The van der Waals surface area contributed by atoms with Crippen LogP contribution in [0.4, 0.5) is 0 Å². The highest BCUT2D eigenvalue weighted by Gasteiger charge is 2.62. The van der Waals surface area contributed by atoms with Crippen LogP contribution in [-0.2, 0) is 19.9 Å². The molecule has 0 amide bonds. The summed E-state index contributed by atoms with van der Waals surface area (Å²) >= 11 is 0. The molecule has 0 N–H and O–H groups in total. The summed E-state index contributed by atoms with van der Waals surface area (Å²) in [6, 6.07) is 7.30. The molecule has 1 aliphatic carbocycles. The van der Waals surface area contributed by atoms with E-state index in [1.165, 1.54) is 14.0 Å². The molecule has 1 aromatic rings. The molecule has 0 bridgehead atoms. The molecule has 102 valence electrons. The molecule has 0 heterocycles. The first kappa shape index (κ1) is 13.7. The van der Waals surface area contributed by atoms with E-state index in [4.69, 9.17) is 9.47 Å². The number of methoxy groups -OCH3 is 1. The van der Waals surface area contributed by atoms with E-state index in [-0.39, 0.29) is 17.7 Å². The molecule has 2 atom stereocenters. The van der Waals surface area contributed by atoms with Crippen molar-refractivity contribution in [2.24, 2.45) is 5.92 Å². The number of esters is 1. The fraction of sp³-hybridized carbons (Fsp3) is 0.467. The van der Waals surface area contributed by atoms with E-state index in [1.54, 1.807) is 6.07 Å². The van der Waals surface area contributed by atoms with Crippen LogP contribution in [0.3, 0.4) is 0 Å². The minimum Gasteiger partial charge on any atom is -0.469 e. The summed E-state index contributed by atoms with van der Waals surface area (Å²) in [7, 11) is 1.37. The van der Waals surface area contributed by atoms with Crippen LogP contribution in [0.25, 0.3) is 0 Å². The van der Waals surface area contributed by atoms with Gasteiger partial charge in [0, 0.05) is 12.2 Å². The number of ether oxygens (including phenoxy) is 2. The van der Waals surface area contributed by atoms with Gasteiger partial charge < -0.3 is 9.47 Å². The lowest BCUT2D eigenvalue weighted by atomic mass is 9.96. The molecular formula is C15H18O4. The summed E-state index contributed by atoms with van der Waals surface area (Å²) in [5.41, 5.74) is 0.714. The first-order valence-corrected chi connectivity index (χ1v) is 6.39. The summed E-state index contributed by atoms with van der Waals surface area (Å²) in [5, 5.41) is 0. The zero-order chi connectivity index (χ0) is 14.0. The fourth-order valence-corrected chi connectivity index (χ4v) is 2.61. The first-order valence-electron chi connectivity index (χ1n) is 6.39. The van der Waals surface area contributed by atoms with Crippen LogP contribution in [0.2, 0.25) is 0 Å². The molecule has 0 radical (unpaired) electrons. The summed E-state index contributed by atoms with van der Waals surface area (Å²) in [4.78, 5) is 23.5. The van der Waals surface area contributed by atoms with Gasteiger partial charge in [-0.1, -0.05) is 24.3 Å². The second-order valence-electron chi connectivity index (χ2n) is 4.70. The van der Waals surface area contributed by atoms with Crippen LogP contribution in [0.5, 0.6) is 0 Å². The predicted molar refractivity (Wildman–Crippen MR) is 69.9 cm³/mol. The lowest BCUT2D eigenvalue weighted by molar-refractivity contribution is -0.145. The third-order valence-electron chi connectivity index (χ3n) is 3.56. The van der Waals surface area contributed by atoms with Crippen molar-refractivity contribution in [1.29, 1.82) is 0 Å². The Morgan fingerprint density at radius 2 is 2.05 bits per heavy atom. The van der Waals surface area contributed by atoms with Crippen molar-refractivity contribution in [2.45, 2.75) is 25.9 Å². The number of hydrogen-bond acceptors (Lipinski definition) is 4. The van der Waals surface area contributed by atoms with E-state index in [0.717, 1.165) is 5.56 Å². The van der Waals surface area contributed by atoms with Crippen LogP contribution >= 0.6 is 0 Å². The largest absolute Gasteiger partial charge is 0.469 e. The van der Waals surface area contributed by atoms with Crippen molar-refractivity contribution in [2.75, 3.05) is 13.7 Å². The smallest absolute Gasteiger partial charge is 0.312 e. The molecule has 0 aliphatic heterocycles. The van der Waals surface area contributed by atoms with Gasteiger partial charge in [-0.3, -0.25) is 9.59 Å². The second kappa shape index (κ2) is 5.13. The Kier molecular flexibility index (Phi) is 3.71. The van der Waals surface area contributed by atoms with Crippen LogP contribution in [0.1, 0.15) is 36.2 Å². The number of carbonyl (C=O) groups excluding carboxylic acids is 2. The van der Waals surface area contributed by atoms with Gasteiger partial charge in [0.1, 0.15) is 5.60 Å². The minimum atomic E-state index is -0.690. The van der Waals surface area contributed by atoms with Crippen LogP contribution in [0.15, 0.2) is 24.3 Å². The zero-order valence-corrected chi connectivity index (χ0v) is 11.4. The maximum Gasteiger partial charge on any atom is 0.312 e. The van der Waals surface area contributed by atoms with Crippen LogP contribution in [0, 0.1) is 5.92 Å². The number of rotatable bonds is 5. The van der Waals surface area contributed by atoms with E-state index in [9.17, 15) is 9.59 Å². The molecule has 4 heteroatoms. The molecule has 0 saturated heterocycles. The molecule has 1 saturated carbocycles. The summed E-state index contributed by atoms with van der Waals surface area (Å²) < 4.78 is 10.6. The average molecular weight is 262 g/mol. The van der Waals surface area contributed by atoms with Crippen molar-refractivity contribution in [1.82, 2.24) is 0 Å². The number of ketones is 1. The molecule has 2 rings (SSSR count). The van der Waals surface area contributed by atoms with E-state index in [0.29, 0.717) is 18.6 Å². The third kappa shape index (κ3) is 2.28. The van der Waals surface area contributed by atoms with Gasteiger partial charge in [-0.15, -0.1) is 0 Å². The first-order chi connectivity index (χ1) is 9.06. The Bertz CT molecular complexity index is 509. The summed E-state index contributed by atoms with van der Waals surface area (Å²) in [6.07, 6.45) is 0.567. The Balaban J connectivity index is 2.42. The van der Waals surface area contributed by atoms with Crippen molar-refractivity contribution in [3.8, 4) is 0 Å². The summed E-state index contributed by atoms with van der Waals surface area (Å²) in [6.45, 7) is 3.89. The molecule has 4 nitrogen and oxygen atoms in total. The standard InChI is InChI=1S/C15H18O4/c1-4-19-15(9-13(15)14(17)18-3)12-8-6-5-7-11(12)10(2)16/h5-8,13H,4,9H2,1-3H3. The molecule has 0 aromatic heterocycles. The predicted octanol–water partition coefficient (Wildman–Crippen LogP) is 2.31. The Morgan fingerprint density at radius 1 is 1.37 bits per heavy atom. The Hall–Kier alpha value is -1.68. The fourth-order valence-electron chi connectivity index (χ4n) is 2.61. The van der Waals surface area contributed by atoms with Gasteiger partial charge in [0.25, 0.3) is 0 Å². The molecule has 1 aromatic carbocycles.